The van der Waals surface area contributed by atoms with Crippen LogP contribution in [0.3, 0.4) is 0 Å². The minimum absolute atomic E-state index is 0.767. The second-order valence-corrected chi connectivity index (χ2v) is 5.44. The van der Waals surface area contributed by atoms with E-state index in [2.05, 4.69) is 51.6 Å². The van der Waals surface area contributed by atoms with Crippen LogP contribution in [0.4, 0.5) is 0 Å². The Kier molecular flexibility index (Phi) is 2.84. The molecular formula is C14H9ClIN. The molecule has 3 heteroatoms. The van der Waals surface area contributed by atoms with Crippen LogP contribution >= 0.6 is 34.2 Å². The highest BCUT2D eigenvalue weighted by Gasteiger charge is 2.06. The van der Waals surface area contributed by atoms with Gasteiger partial charge in [-0.1, -0.05) is 29.8 Å². The van der Waals surface area contributed by atoms with Crippen molar-refractivity contribution in [2.45, 2.75) is 0 Å². The number of hydrogen-bond donors (Lipinski definition) is 0. The molecule has 0 unspecified atom stereocenters. The van der Waals surface area contributed by atoms with Crippen molar-refractivity contribution >= 4 is 45.1 Å². The van der Waals surface area contributed by atoms with Gasteiger partial charge in [0.1, 0.15) is 0 Å². The number of benzene rings is 2. The van der Waals surface area contributed by atoms with E-state index in [1.807, 2.05) is 30.3 Å². The monoisotopic (exact) mass is 353 g/mol. The highest BCUT2D eigenvalue weighted by atomic mass is 127. The Morgan fingerprint density at radius 2 is 1.82 bits per heavy atom. The summed E-state index contributed by atoms with van der Waals surface area (Å²) in [6.45, 7) is 0. The Labute approximate surface area is 118 Å². The van der Waals surface area contributed by atoms with Crippen molar-refractivity contribution in [1.82, 2.24) is 4.57 Å². The molecule has 0 saturated carbocycles. The zero-order valence-corrected chi connectivity index (χ0v) is 11.8. The van der Waals surface area contributed by atoms with Crippen LogP contribution in [0.1, 0.15) is 0 Å². The average molecular weight is 354 g/mol. The molecule has 0 N–H and O–H groups in total. The van der Waals surface area contributed by atoms with Crippen molar-refractivity contribution in [3.63, 3.8) is 0 Å². The van der Waals surface area contributed by atoms with Crippen LogP contribution in [-0.2, 0) is 0 Å². The zero-order chi connectivity index (χ0) is 11.8. The predicted molar refractivity (Wildman–Crippen MR) is 81.0 cm³/mol. The molecule has 0 bridgehead atoms. The molecule has 1 aromatic heterocycles. The molecule has 0 aliphatic heterocycles. The van der Waals surface area contributed by atoms with Gasteiger partial charge in [-0.2, -0.15) is 0 Å². The third-order valence-corrected chi connectivity index (χ3v) is 3.91. The Balaban J connectivity index is 2.31. The zero-order valence-electron chi connectivity index (χ0n) is 8.90. The van der Waals surface area contributed by atoms with Crippen molar-refractivity contribution in [3.05, 3.63) is 63.3 Å². The third kappa shape index (κ3) is 1.96. The van der Waals surface area contributed by atoms with Crippen molar-refractivity contribution in [2.75, 3.05) is 0 Å². The number of nitrogens with zero attached hydrogens (tertiary/aromatic N) is 1. The molecule has 0 spiro atoms. The molecule has 0 atom stereocenters. The summed E-state index contributed by atoms with van der Waals surface area (Å²) in [6.07, 6.45) is 2.08. The van der Waals surface area contributed by atoms with Gasteiger partial charge in [0.25, 0.3) is 0 Å². The lowest BCUT2D eigenvalue weighted by Crippen LogP contribution is -1.94. The maximum absolute atomic E-state index is 6.06. The standard InChI is InChI=1S/C14H9ClIN/c15-11-6-5-10-7-8-17(14(10)9-11)13-4-2-1-3-12(13)16/h1-9H. The van der Waals surface area contributed by atoms with Gasteiger partial charge in [-0.15, -0.1) is 0 Å². The van der Waals surface area contributed by atoms with E-state index in [9.17, 15) is 0 Å². The topological polar surface area (TPSA) is 4.93 Å². The fourth-order valence-electron chi connectivity index (χ4n) is 1.96. The number of rotatable bonds is 1. The second-order valence-electron chi connectivity index (χ2n) is 3.84. The smallest absolute Gasteiger partial charge is 0.0589 e. The highest BCUT2D eigenvalue weighted by Crippen LogP contribution is 2.25. The van der Waals surface area contributed by atoms with Crippen LogP contribution < -0.4 is 0 Å². The summed E-state index contributed by atoms with van der Waals surface area (Å²) >= 11 is 8.41. The van der Waals surface area contributed by atoms with E-state index >= 15 is 0 Å². The summed E-state index contributed by atoms with van der Waals surface area (Å²) in [4.78, 5) is 0. The van der Waals surface area contributed by atoms with E-state index in [0.29, 0.717) is 0 Å². The molecule has 3 rings (SSSR count). The molecule has 0 saturated heterocycles. The van der Waals surface area contributed by atoms with E-state index < -0.39 is 0 Å². The lowest BCUT2D eigenvalue weighted by Gasteiger charge is -2.07. The summed E-state index contributed by atoms with van der Waals surface area (Å²) in [5.74, 6) is 0. The number of fused-ring (bicyclic) bond motifs is 1. The number of para-hydroxylation sites is 1. The summed E-state index contributed by atoms with van der Waals surface area (Å²) in [6, 6.07) is 16.4. The van der Waals surface area contributed by atoms with Gasteiger partial charge in [0.15, 0.2) is 0 Å². The summed E-state index contributed by atoms with van der Waals surface area (Å²) in [7, 11) is 0. The number of aromatic nitrogens is 1. The Morgan fingerprint density at radius 1 is 1.00 bits per heavy atom. The Morgan fingerprint density at radius 3 is 2.65 bits per heavy atom. The lowest BCUT2D eigenvalue weighted by molar-refractivity contribution is 1.12. The van der Waals surface area contributed by atoms with E-state index in [0.717, 1.165) is 10.5 Å². The third-order valence-electron chi connectivity index (χ3n) is 2.77. The average Bonchev–Trinajstić information content (AvgIpc) is 2.72. The summed E-state index contributed by atoms with van der Waals surface area (Å²) < 4.78 is 3.39. The largest absolute Gasteiger partial charge is 0.315 e. The molecule has 84 valence electrons. The quantitative estimate of drug-likeness (QED) is 0.549. The minimum Gasteiger partial charge on any atom is -0.315 e. The van der Waals surface area contributed by atoms with Crippen LogP contribution in [0, 0.1) is 3.57 Å². The fraction of sp³-hybridized carbons (Fsp3) is 0. The first-order valence-corrected chi connectivity index (χ1v) is 6.73. The molecule has 1 nitrogen and oxygen atoms in total. The van der Waals surface area contributed by atoms with E-state index in [1.165, 1.54) is 14.6 Å². The molecule has 0 radical (unpaired) electrons. The lowest BCUT2D eigenvalue weighted by atomic mass is 10.2. The van der Waals surface area contributed by atoms with Gasteiger partial charge in [-0.25, -0.2) is 0 Å². The Hall–Kier alpha value is -1.000. The molecule has 3 aromatic rings. The SMILES string of the molecule is Clc1ccc2ccn(-c3ccccc3I)c2c1. The first-order valence-electron chi connectivity index (χ1n) is 5.27. The van der Waals surface area contributed by atoms with Gasteiger partial charge in [-0.3, -0.25) is 0 Å². The van der Waals surface area contributed by atoms with E-state index in [4.69, 9.17) is 11.6 Å². The van der Waals surface area contributed by atoms with E-state index in [1.54, 1.807) is 0 Å². The first-order chi connectivity index (χ1) is 8.25. The van der Waals surface area contributed by atoms with Crippen LogP contribution in [0.15, 0.2) is 54.7 Å². The highest BCUT2D eigenvalue weighted by molar-refractivity contribution is 14.1. The second kappa shape index (κ2) is 4.35. The minimum atomic E-state index is 0.767. The van der Waals surface area contributed by atoms with Crippen LogP contribution in [0.5, 0.6) is 0 Å². The number of hydrogen-bond acceptors (Lipinski definition) is 0. The van der Waals surface area contributed by atoms with Gasteiger partial charge in [-0.05, 0) is 52.9 Å². The first kappa shape index (κ1) is 11.1. The molecule has 2 aromatic carbocycles. The summed E-state index contributed by atoms with van der Waals surface area (Å²) in [5.41, 5.74) is 2.33. The van der Waals surface area contributed by atoms with Crippen LogP contribution in [0.2, 0.25) is 5.02 Å². The van der Waals surface area contributed by atoms with Gasteiger partial charge in [0, 0.05) is 20.2 Å². The predicted octanol–water partition coefficient (Wildman–Crippen LogP) is 4.89. The van der Waals surface area contributed by atoms with Gasteiger partial charge in [0.2, 0.25) is 0 Å². The molecule has 0 aliphatic rings. The van der Waals surface area contributed by atoms with Crippen LogP contribution in [-0.4, -0.2) is 4.57 Å². The number of halogens is 2. The van der Waals surface area contributed by atoms with Gasteiger partial charge < -0.3 is 4.57 Å². The van der Waals surface area contributed by atoms with Crippen molar-refractivity contribution < 1.29 is 0 Å². The molecule has 0 fully saturated rings. The molecule has 17 heavy (non-hydrogen) atoms. The maximum Gasteiger partial charge on any atom is 0.0589 e. The fourth-order valence-corrected chi connectivity index (χ4v) is 2.77. The van der Waals surface area contributed by atoms with Crippen molar-refractivity contribution in [3.8, 4) is 5.69 Å². The molecule has 0 amide bonds. The molecule has 0 aliphatic carbocycles. The summed E-state index contributed by atoms with van der Waals surface area (Å²) in [5, 5.41) is 1.97. The van der Waals surface area contributed by atoms with Gasteiger partial charge in [0.05, 0.1) is 11.2 Å². The van der Waals surface area contributed by atoms with Crippen molar-refractivity contribution in [1.29, 1.82) is 0 Å². The molecule has 1 heterocycles. The molecular weight excluding hydrogens is 345 g/mol. The van der Waals surface area contributed by atoms with Crippen molar-refractivity contribution in [2.24, 2.45) is 0 Å². The van der Waals surface area contributed by atoms with Gasteiger partial charge >= 0.3 is 0 Å². The Bertz CT molecular complexity index is 688. The normalized spacial score (nSPS) is 10.9. The van der Waals surface area contributed by atoms with Crippen LogP contribution in [0.25, 0.3) is 16.6 Å². The van der Waals surface area contributed by atoms with E-state index in [-0.39, 0.29) is 0 Å². The maximum atomic E-state index is 6.06.